The lowest BCUT2D eigenvalue weighted by Crippen LogP contribution is -2.13. The average Bonchev–Trinajstić information content (AvgIpc) is 2.27. The quantitative estimate of drug-likeness (QED) is 0.499. The minimum atomic E-state index is -1.41. The van der Waals surface area contributed by atoms with Crippen LogP contribution in [0.25, 0.3) is 5.57 Å². The SMILES string of the molecule is CC(C)(C)P1(Br)=CC(Br)=CC(c2ccccc2)=C1. The normalized spacial score (nSPS) is 24.1. The highest BCUT2D eigenvalue weighted by Gasteiger charge is 2.29. The second kappa shape index (κ2) is 5.15. The van der Waals surface area contributed by atoms with Crippen molar-refractivity contribution in [3.8, 4) is 0 Å². The zero-order valence-electron chi connectivity index (χ0n) is 10.8. The Morgan fingerprint density at radius 3 is 2.22 bits per heavy atom. The maximum Gasteiger partial charge on any atom is 0.0193 e. The van der Waals surface area contributed by atoms with Gasteiger partial charge in [-0.2, -0.15) is 0 Å². The van der Waals surface area contributed by atoms with Gasteiger partial charge in [0, 0.05) is 4.48 Å². The van der Waals surface area contributed by atoms with E-state index in [0.717, 1.165) is 0 Å². The molecule has 0 bridgehead atoms. The van der Waals surface area contributed by atoms with E-state index >= 15 is 0 Å². The van der Waals surface area contributed by atoms with Crippen LogP contribution in [-0.4, -0.2) is 11.0 Å². The summed E-state index contributed by atoms with van der Waals surface area (Å²) in [5.74, 6) is 4.74. The first-order valence-electron chi connectivity index (χ1n) is 5.91. The minimum absolute atomic E-state index is 0.223. The number of rotatable bonds is 1. The fraction of sp³-hybridized carbons (Fsp3) is 0.267. The van der Waals surface area contributed by atoms with Gasteiger partial charge < -0.3 is 0 Å². The summed E-state index contributed by atoms with van der Waals surface area (Å²) in [5, 5.41) is 0.223. The Bertz CT molecular complexity index is 560. The van der Waals surface area contributed by atoms with Gasteiger partial charge in [-0.25, -0.2) is 0 Å². The molecule has 1 aliphatic rings. The molecular formula is C15H17Br2P. The Morgan fingerprint density at radius 1 is 1.06 bits per heavy atom. The molecule has 0 fully saturated rings. The van der Waals surface area contributed by atoms with E-state index in [1.807, 2.05) is 0 Å². The zero-order chi connectivity index (χ0) is 13.4. The van der Waals surface area contributed by atoms with Crippen LogP contribution in [0.1, 0.15) is 26.3 Å². The summed E-state index contributed by atoms with van der Waals surface area (Å²) in [4.78, 5) is 0. The van der Waals surface area contributed by atoms with Crippen LogP contribution in [-0.2, 0) is 0 Å². The van der Waals surface area contributed by atoms with Gasteiger partial charge in [-0.1, -0.05) is 82.5 Å². The number of halogens is 2. The van der Waals surface area contributed by atoms with Crippen molar-refractivity contribution in [3.05, 3.63) is 52.3 Å². The van der Waals surface area contributed by atoms with E-state index in [1.54, 1.807) is 0 Å². The Balaban J connectivity index is 2.57. The van der Waals surface area contributed by atoms with Crippen LogP contribution in [0.5, 0.6) is 0 Å². The van der Waals surface area contributed by atoms with E-state index in [9.17, 15) is 0 Å². The van der Waals surface area contributed by atoms with Crippen LogP contribution in [0.4, 0.5) is 0 Å². The predicted molar refractivity (Wildman–Crippen MR) is 93.1 cm³/mol. The van der Waals surface area contributed by atoms with E-state index in [0.29, 0.717) is 0 Å². The van der Waals surface area contributed by atoms with Gasteiger partial charge in [-0.05, 0) is 39.6 Å². The summed E-state index contributed by atoms with van der Waals surface area (Å²) >= 11 is 7.66. The molecule has 1 heterocycles. The molecule has 3 heteroatoms. The monoisotopic (exact) mass is 386 g/mol. The fourth-order valence-electron chi connectivity index (χ4n) is 1.82. The van der Waals surface area contributed by atoms with Gasteiger partial charge in [-0.15, -0.1) is 0 Å². The van der Waals surface area contributed by atoms with Crippen molar-refractivity contribution in [1.82, 2.24) is 0 Å². The van der Waals surface area contributed by atoms with Crippen LogP contribution < -0.4 is 0 Å². The van der Waals surface area contributed by atoms with E-state index in [2.05, 4.69) is 100 Å². The van der Waals surface area contributed by atoms with Crippen LogP contribution in [0.15, 0.2) is 46.7 Å². The average molecular weight is 388 g/mol. The van der Waals surface area contributed by atoms with E-state index in [-0.39, 0.29) is 5.16 Å². The summed E-state index contributed by atoms with van der Waals surface area (Å²) in [6.07, 6.45) is 2.20. The lowest BCUT2D eigenvalue weighted by molar-refractivity contribution is 0.795. The van der Waals surface area contributed by atoms with Gasteiger partial charge in [0.1, 0.15) is 0 Å². The van der Waals surface area contributed by atoms with Crippen molar-refractivity contribution in [2.75, 3.05) is 0 Å². The topological polar surface area (TPSA) is 0 Å². The third-order valence-electron chi connectivity index (χ3n) is 3.07. The van der Waals surface area contributed by atoms with Crippen molar-refractivity contribution >= 4 is 48.4 Å². The number of hydrogen-bond donors (Lipinski definition) is 0. The first kappa shape index (κ1) is 14.4. The molecule has 1 aromatic carbocycles. The molecule has 1 aromatic rings. The third-order valence-corrected chi connectivity index (χ3v) is 11.7. The number of allylic oxidation sites excluding steroid dienone is 3. The number of benzene rings is 1. The smallest absolute Gasteiger partial charge is 0.0193 e. The van der Waals surface area contributed by atoms with Crippen molar-refractivity contribution in [2.45, 2.75) is 25.9 Å². The molecule has 2 rings (SSSR count). The minimum Gasteiger partial charge on any atom is -0.0622 e. The van der Waals surface area contributed by atoms with Crippen LogP contribution in [0, 0.1) is 0 Å². The maximum atomic E-state index is 4.00. The molecule has 18 heavy (non-hydrogen) atoms. The molecular weight excluding hydrogens is 371 g/mol. The Labute approximate surface area is 126 Å². The van der Waals surface area contributed by atoms with Crippen molar-refractivity contribution < 1.29 is 0 Å². The van der Waals surface area contributed by atoms with Gasteiger partial charge in [0.05, 0.1) is 0 Å². The van der Waals surface area contributed by atoms with Gasteiger partial charge in [0.15, 0.2) is 0 Å². The van der Waals surface area contributed by atoms with Crippen molar-refractivity contribution in [2.24, 2.45) is 0 Å². The largest absolute Gasteiger partial charge is 0.0622 e. The molecule has 0 aromatic heterocycles. The second-order valence-electron chi connectivity index (χ2n) is 5.47. The summed E-state index contributed by atoms with van der Waals surface area (Å²) in [7, 11) is 0. The summed E-state index contributed by atoms with van der Waals surface area (Å²) in [6.45, 7) is 6.87. The molecule has 1 atom stereocenters. The molecule has 0 N–H and O–H groups in total. The molecule has 96 valence electrons. The van der Waals surface area contributed by atoms with Crippen LogP contribution in [0.3, 0.4) is 0 Å². The molecule has 0 aliphatic carbocycles. The Kier molecular flexibility index (Phi) is 4.11. The highest BCUT2D eigenvalue weighted by Crippen LogP contribution is 2.69. The summed E-state index contributed by atoms with van der Waals surface area (Å²) in [6, 6.07) is 10.5. The second-order valence-corrected chi connectivity index (χ2v) is 13.1. The lowest BCUT2D eigenvalue weighted by Gasteiger charge is -2.33. The maximum absolute atomic E-state index is 4.00. The number of hydrogen-bond acceptors (Lipinski definition) is 0. The summed E-state index contributed by atoms with van der Waals surface area (Å²) < 4.78 is 1.17. The fourth-order valence-corrected chi connectivity index (χ4v) is 7.09. The molecule has 1 aliphatic heterocycles. The highest BCUT2D eigenvalue weighted by atomic mass is 79.9. The predicted octanol–water partition coefficient (Wildman–Crippen LogP) is 6.25. The van der Waals surface area contributed by atoms with E-state index < -0.39 is 5.59 Å². The molecule has 0 saturated carbocycles. The highest BCUT2D eigenvalue weighted by molar-refractivity contribution is 9.42. The Morgan fingerprint density at radius 2 is 1.67 bits per heavy atom. The third kappa shape index (κ3) is 2.92. The molecule has 0 nitrogen and oxygen atoms in total. The van der Waals surface area contributed by atoms with Crippen LogP contribution >= 0.6 is 37.0 Å². The van der Waals surface area contributed by atoms with Gasteiger partial charge in [-0.3, -0.25) is 0 Å². The van der Waals surface area contributed by atoms with E-state index in [1.165, 1.54) is 15.6 Å². The Hall–Kier alpha value is -0.0400. The van der Waals surface area contributed by atoms with Gasteiger partial charge in [0.2, 0.25) is 0 Å². The summed E-state index contributed by atoms with van der Waals surface area (Å²) in [5.41, 5.74) is 1.16. The standard InChI is InChI=1S/C15H17Br2P/c1-15(2,3)18(17)10-13(9-14(16)11-18)12-7-5-4-6-8-12/h4-11H,1-3H3. The molecule has 0 spiro atoms. The molecule has 0 amide bonds. The van der Waals surface area contributed by atoms with Crippen molar-refractivity contribution in [1.29, 1.82) is 0 Å². The zero-order valence-corrected chi connectivity index (χ0v) is 14.9. The van der Waals surface area contributed by atoms with E-state index in [4.69, 9.17) is 0 Å². The first-order valence-corrected chi connectivity index (χ1v) is 10.7. The molecule has 0 saturated heterocycles. The lowest BCUT2D eigenvalue weighted by atomic mass is 10.1. The van der Waals surface area contributed by atoms with Gasteiger partial charge in [0.25, 0.3) is 0 Å². The molecule has 1 unspecified atom stereocenters. The molecule has 0 radical (unpaired) electrons. The van der Waals surface area contributed by atoms with Crippen LogP contribution in [0.2, 0.25) is 0 Å². The van der Waals surface area contributed by atoms with Gasteiger partial charge >= 0.3 is 0 Å². The van der Waals surface area contributed by atoms with Crippen molar-refractivity contribution in [3.63, 3.8) is 0 Å². The first-order chi connectivity index (χ1) is 8.32.